The van der Waals surface area contributed by atoms with Crippen LogP contribution in [0, 0.1) is 5.92 Å². The van der Waals surface area contributed by atoms with E-state index in [4.69, 9.17) is 5.73 Å². The van der Waals surface area contributed by atoms with Crippen LogP contribution >= 0.6 is 0 Å². The van der Waals surface area contributed by atoms with Gasteiger partial charge in [0.15, 0.2) is 0 Å². The molecule has 1 aromatic rings. The van der Waals surface area contributed by atoms with Gasteiger partial charge in [0.05, 0.1) is 6.04 Å². The summed E-state index contributed by atoms with van der Waals surface area (Å²) in [5.41, 5.74) is 8.28. The van der Waals surface area contributed by atoms with Gasteiger partial charge in [-0.15, -0.1) is 0 Å². The molecule has 3 N–H and O–H groups in total. The zero-order valence-corrected chi connectivity index (χ0v) is 14.4. The van der Waals surface area contributed by atoms with Crippen LogP contribution in [0.15, 0.2) is 18.2 Å². The van der Waals surface area contributed by atoms with Gasteiger partial charge in [-0.1, -0.05) is 19.3 Å². The molecule has 0 radical (unpaired) electrons. The zero-order valence-electron chi connectivity index (χ0n) is 14.4. The van der Waals surface area contributed by atoms with Gasteiger partial charge in [-0.3, -0.25) is 9.59 Å². The van der Waals surface area contributed by atoms with Crippen molar-refractivity contribution in [2.24, 2.45) is 11.7 Å². The van der Waals surface area contributed by atoms with Gasteiger partial charge in [-0.05, 0) is 55.4 Å². The van der Waals surface area contributed by atoms with E-state index in [0.717, 1.165) is 17.8 Å². The Labute approximate surface area is 143 Å². The first-order valence-corrected chi connectivity index (χ1v) is 8.99. The maximum absolute atomic E-state index is 12.7. The van der Waals surface area contributed by atoms with Crippen LogP contribution in [-0.2, 0) is 11.2 Å². The van der Waals surface area contributed by atoms with Crippen LogP contribution in [0.4, 0.5) is 5.69 Å². The summed E-state index contributed by atoms with van der Waals surface area (Å²) in [5.74, 6) is 0.538. The first-order valence-electron chi connectivity index (χ1n) is 8.99. The van der Waals surface area contributed by atoms with Crippen LogP contribution < -0.4 is 11.1 Å². The topological polar surface area (TPSA) is 75.4 Å². The van der Waals surface area contributed by atoms with Crippen molar-refractivity contribution in [2.75, 3.05) is 18.9 Å². The monoisotopic (exact) mass is 329 g/mol. The third-order valence-electron chi connectivity index (χ3n) is 5.28. The summed E-state index contributed by atoms with van der Waals surface area (Å²) in [7, 11) is 1.89. The lowest BCUT2D eigenvalue weighted by Crippen LogP contribution is -2.34. The van der Waals surface area contributed by atoms with Crippen molar-refractivity contribution < 1.29 is 9.59 Å². The SMILES string of the molecule is CN(CC1CCCCC1)C(=O)c1ccc2c(c1)CCC(N)C(=O)N2. The number of hydrogen-bond donors (Lipinski definition) is 2. The standard InChI is InChI=1S/C19H27N3O2/c1-22(12-13-5-3-2-4-6-13)19(24)15-8-10-17-14(11-15)7-9-16(20)18(23)21-17/h8,10-11,13,16H,2-7,9,12,20H2,1H3,(H,21,23). The summed E-state index contributed by atoms with van der Waals surface area (Å²) in [6, 6.07) is 5.06. The van der Waals surface area contributed by atoms with Gasteiger partial charge in [-0.2, -0.15) is 0 Å². The fraction of sp³-hybridized carbons (Fsp3) is 0.579. The number of nitrogens with two attached hydrogens (primary N) is 1. The molecule has 5 nitrogen and oxygen atoms in total. The molecule has 5 heteroatoms. The number of anilines is 1. The molecule has 0 bridgehead atoms. The summed E-state index contributed by atoms with van der Waals surface area (Å²) in [6.07, 6.45) is 7.67. The number of amides is 2. The van der Waals surface area contributed by atoms with Gasteiger partial charge >= 0.3 is 0 Å². The van der Waals surface area contributed by atoms with E-state index in [1.54, 1.807) is 6.07 Å². The number of carbonyl (C=O) groups is 2. The van der Waals surface area contributed by atoms with E-state index in [0.29, 0.717) is 24.3 Å². The van der Waals surface area contributed by atoms with Crippen molar-refractivity contribution in [2.45, 2.75) is 51.0 Å². The van der Waals surface area contributed by atoms with Gasteiger partial charge in [0.25, 0.3) is 5.91 Å². The van der Waals surface area contributed by atoms with E-state index in [1.165, 1.54) is 32.1 Å². The van der Waals surface area contributed by atoms with Crippen LogP contribution in [-0.4, -0.2) is 36.3 Å². The molecule has 2 amide bonds. The lowest BCUT2D eigenvalue weighted by Gasteiger charge is -2.27. The molecule has 3 rings (SSSR count). The fourth-order valence-electron chi connectivity index (χ4n) is 3.78. The number of rotatable bonds is 3. The van der Waals surface area contributed by atoms with Gasteiger partial charge in [-0.25, -0.2) is 0 Å². The van der Waals surface area contributed by atoms with Crippen molar-refractivity contribution in [3.8, 4) is 0 Å². The Bertz CT molecular complexity index is 623. The number of carbonyl (C=O) groups excluding carboxylic acids is 2. The van der Waals surface area contributed by atoms with Crippen molar-refractivity contribution in [3.63, 3.8) is 0 Å². The molecule has 1 aromatic carbocycles. The number of fused-ring (bicyclic) bond motifs is 1. The molecule has 1 aliphatic heterocycles. The predicted octanol–water partition coefficient (Wildman–Crippen LogP) is 2.55. The second-order valence-corrected chi connectivity index (χ2v) is 7.20. The molecule has 130 valence electrons. The number of benzene rings is 1. The van der Waals surface area contributed by atoms with E-state index in [1.807, 2.05) is 24.1 Å². The lowest BCUT2D eigenvalue weighted by molar-refractivity contribution is -0.117. The van der Waals surface area contributed by atoms with Crippen LogP contribution in [0.25, 0.3) is 0 Å². The molecule has 1 fully saturated rings. The largest absolute Gasteiger partial charge is 0.341 e. The Morgan fingerprint density at radius 3 is 2.75 bits per heavy atom. The number of nitrogens with zero attached hydrogens (tertiary/aromatic N) is 1. The summed E-state index contributed by atoms with van der Waals surface area (Å²) < 4.78 is 0. The summed E-state index contributed by atoms with van der Waals surface area (Å²) in [5, 5.41) is 2.84. The van der Waals surface area contributed by atoms with Gasteiger partial charge in [0, 0.05) is 24.8 Å². The minimum atomic E-state index is -0.481. The van der Waals surface area contributed by atoms with Crippen molar-refractivity contribution in [1.29, 1.82) is 0 Å². The highest BCUT2D eigenvalue weighted by atomic mass is 16.2. The second-order valence-electron chi connectivity index (χ2n) is 7.20. The molecule has 0 saturated heterocycles. The Kier molecular flexibility index (Phi) is 5.19. The number of nitrogens with one attached hydrogen (secondary N) is 1. The minimum absolute atomic E-state index is 0.0586. The molecular weight excluding hydrogens is 302 g/mol. The molecule has 1 atom stereocenters. The second kappa shape index (κ2) is 7.34. The highest BCUT2D eigenvalue weighted by molar-refractivity contribution is 5.98. The zero-order chi connectivity index (χ0) is 17.1. The average Bonchev–Trinajstić information content (AvgIpc) is 2.73. The number of hydrogen-bond acceptors (Lipinski definition) is 3. The highest BCUT2D eigenvalue weighted by Crippen LogP contribution is 2.26. The molecular formula is C19H27N3O2. The Morgan fingerprint density at radius 2 is 2.00 bits per heavy atom. The van der Waals surface area contributed by atoms with Crippen molar-refractivity contribution in [3.05, 3.63) is 29.3 Å². The van der Waals surface area contributed by atoms with Crippen LogP contribution in [0.5, 0.6) is 0 Å². The van der Waals surface area contributed by atoms with Crippen molar-refractivity contribution in [1.82, 2.24) is 4.90 Å². The molecule has 1 aliphatic carbocycles. The van der Waals surface area contributed by atoms with Crippen LogP contribution in [0.2, 0.25) is 0 Å². The van der Waals surface area contributed by atoms with E-state index < -0.39 is 6.04 Å². The van der Waals surface area contributed by atoms with Gasteiger partial charge in [0.1, 0.15) is 0 Å². The van der Waals surface area contributed by atoms with Gasteiger partial charge < -0.3 is 16.0 Å². The molecule has 1 saturated carbocycles. The van der Waals surface area contributed by atoms with E-state index in [9.17, 15) is 9.59 Å². The Balaban J connectivity index is 1.70. The third-order valence-corrected chi connectivity index (χ3v) is 5.28. The summed E-state index contributed by atoms with van der Waals surface area (Å²) in [4.78, 5) is 26.4. The van der Waals surface area contributed by atoms with E-state index in [2.05, 4.69) is 5.32 Å². The predicted molar refractivity (Wildman–Crippen MR) is 94.9 cm³/mol. The first kappa shape index (κ1) is 17.0. The summed E-state index contributed by atoms with van der Waals surface area (Å²) in [6.45, 7) is 0.831. The maximum atomic E-state index is 12.7. The molecule has 24 heavy (non-hydrogen) atoms. The minimum Gasteiger partial charge on any atom is -0.341 e. The maximum Gasteiger partial charge on any atom is 0.253 e. The summed E-state index contributed by atoms with van der Waals surface area (Å²) >= 11 is 0. The average molecular weight is 329 g/mol. The third kappa shape index (κ3) is 3.78. The fourth-order valence-corrected chi connectivity index (χ4v) is 3.78. The normalized spacial score (nSPS) is 21.6. The molecule has 0 aromatic heterocycles. The highest BCUT2D eigenvalue weighted by Gasteiger charge is 2.23. The molecule has 1 unspecified atom stereocenters. The van der Waals surface area contributed by atoms with Gasteiger partial charge in [0.2, 0.25) is 5.91 Å². The van der Waals surface area contributed by atoms with E-state index >= 15 is 0 Å². The van der Waals surface area contributed by atoms with Crippen LogP contribution in [0.3, 0.4) is 0 Å². The number of aryl methyl sites for hydroxylation is 1. The Morgan fingerprint density at radius 1 is 1.25 bits per heavy atom. The smallest absolute Gasteiger partial charge is 0.253 e. The molecule has 2 aliphatic rings. The molecule has 0 spiro atoms. The van der Waals surface area contributed by atoms with E-state index in [-0.39, 0.29) is 11.8 Å². The first-order chi connectivity index (χ1) is 11.5. The van der Waals surface area contributed by atoms with Crippen LogP contribution in [0.1, 0.15) is 54.4 Å². The molecule has 1 heterocycles. The van der Waals surface area contributed by atoms with Crippen molar-refractivity contribution >= 4 is 17.5 Å². The Hall–Kier alpha value is -1.88. The lowest BCUT2D eigenvalue weighted by atomic mass is 9.89. The quantitative estimate of drug-likeness (QED) is 0.895.